The summed E-state index contributed by atoms with van der Waals surface area (Å²) in [5, 5.41) is 11.8. The van der Waals surface area contributed by atoms with Gasteiger partial charge in [0.05, 0.1) is 31.7 Å². The van der Waals surface area contributed by atoms with E-state index in [1.54, 1.807) is 36.4 Å². The summed E-state index contributed by atoms with van der Waals surface area (Å²) < 4.78 is 51.8. The first-order valence-corrected chi connectivity index (χ1v) is 15.1. The fourth-order valence-electron chi connectivity index (χ4n) is 5.58. The van der Waals surface area contributed by atoms with Crippen LogP contribution in [0.1, 0.15) is 70.4 Å². The molecule has 3 aliphatic rings. The van der Waals surface area contributed by atoms with Crippen molar-refractivity contribution in [2.24, 2.45) is 0 Å². The third kappa shape index (κ3) is 8.28. The Morgan fingerprint density at radius 2 is 1.80 bits per heavy atom. The number of benzene rings is 2. The Balaban J connectivity index is 0.000000598. The number of rotatable bonds is 7. The van der Waals surface area contributed by atoms with Crippen LogP contribution in [0.2, 0.25) is 0 Å². The standard InChI is InChI=1S/C28H28F3N5O3.C4H9NO/c1-39-23-14-17(26(38)33-18-7-3-2-4-8-18)10-12-20(23)35-27-32-15-19(28(29,30)31)25(36-27)34-21-9-5-6-16-11-13-22(37)24(16)21;1-3-6-4-2-5-1/h5-6,9-10,12,14-15,18H,2-4,7-8,11,13H2,1H3,(H,33,38)(H2,32,34,35,36);5H,1-4H2. The summed E-state index contributed by atoms with van der Waals surface area (Å²) >= 11 is 0. The molecule has 45 heavy (non-hydrogen) atoms. The van der Waals surface area contributed by atoms with Gasteiger partial charge < -0.3 is 30.7 Å². The molecular weight excluding hydrogens is 589 g/mol. The van der Waals surface area contributed by atoms with Crippen LogP contribution in [0.4, 0.5) is 36.3 Å². The second-order valence-corrected chi connectivity index (χ2v) is 11.1. The van der Waals surface area contributed by atoms with Gasteiger partial charge in [-0.2, -0.15) is 18.2 Å². The van der Waals surface area contributed by atoms with Crippen molar-refractivity contribution in [3.8, 4) is 5.75 Å². The molecule has 3 aromatic rings. The van der Waals surface area contributed by atoms with E-state index in [2.05, 4.69) is 31.2 Å². The number of alkyl halides is 3. The number of anilines is 4. The number of hydrogen-bond acceptors (Lipinski definition) is 9. The zero-order valence-electron chi connectivity index (χ0n) is 25.1. The van der Waals surface area contributed by atoms with Gasteiger partial charge >= 0.3 is 6.18 Å². The van der Waals surface area contributed by atoms with E-state index < -0.39 is 17.6 Å². The van der Waals surface area contributed by atoms with E-state index in [-0.39, 0.29) is 29.4 Å². The average Bonchev–Trinajstić information content (AvgIpc) is 3.43. The maximum absolute atomic E-state index is 13.8. The Morgan fingerprint density at radius 3 is 2.47 bits per heavy atom. The molecule has 0 radical (unpaired) electrons. The molecule has 1 aliphatic heterocycles. The zero-order valence-corrected chi connectivity index (χ0v) is 25.1. The maximum Gasteiger partial charge on any atom is 0.421 e. The van der Waals surface area contributed by atoms with E-state index in [1.165, 1.54) is 13.5 Å². The Kier molecular flexibility index (Phi) is 10.5. The van der Waals surface area contributed by atoms with Crippen molar-refractivity contribution in [2.45, 2.75) is 57.2 Å². The highest BCUT2D eigenvalue weighted by molar-refractivity contribution is 6.05. The summed E-state index contributed by atoms with van der Waals surface area (Å²) in [6.07, 6.45) is 2.05. The molecular formula is C32H37F3N6O4. The number of nitrogens with one attached hydrogen (secondary N) is 4. The minimum atomic E-state index is -4.73. The number of aryl methyl sites for hydroxylation is 1. The van der Waals surface area contributed by atoms with E-state index >= 15 is 0 Å². The highest BCUT2D eigenvalue weighted by Gasteiger charge is 2.36. The van der Waals surface area contributed by atoms with E-state index in [0.717, 1.165) is 57.6 Å². The smallest absolute Gasteiger partial charge is 0.421 e. The van der Waals surface area contributed by atoms with Crippen LogP contribution in [0.5, 0.6) is 5.75 Å². The van der Waals surface area contributed by atoms with Gasteiger partial charge in [0.25, 0.3) is 5.91 Å². The molecule has 0 bridgehead atoms. The van der Waals surface area contributed by atoms with Crippen LogP contribution in [0.3, 0.4) is 0 Å². The fraction of sp³-hybridized carbons (Fsp3) is 0.438. The van der Waals surface area contributed by atoms with Gasteiger partial charge in [-0.1, -0.05) is 31.4 Å². The number of nitrogens with zero attached hydrogens (tertiary/aromatic N) is 2. The largest absolute Gasteiger partial charge is 0.495 e. The minimum absolute atomic E-state index is 0.123. The SMILES string of the molecule is C1COCCN1.COc1cc(C(=O)NC2CCCCC2)ccc1Nc1ncc(C(F)(F)F)c(Nc2cccc3c2C(=O)CC3)n1. The number of halogens is 3. The summed E-state index contributed by atoms with van der Waals surface area (Å²) in [5.74, 6) is -0.659. The van der Waals surface area contributed by atoms with Crippen LogP contribution in [-0.2, 0) is 17.3 Å². The van der Waals surface area contributed by atoms with Gasteiger partial charge in [-0.15, -0.1) is 0 Å². The van der Waals surface area contributed by atoms with Crippen molar-refractivity contribution in [3.63, 3.8) is 0 Å². The number of aromatic nitrogens is 2. The Hall–Kier alpha value is -4.23. The zero-order chi connectivity index (χ0) is 31.8. The van der Waals surface area contributed by atoms with Crippen LogP contribution in [0.25, 0.3) is 0 Å². The number of hydrogen-bond donors (Lipinski definition) is 4. The molecule has 6 rings (SSSR count). The molecule has 0 atom stereocenters. The summed E-state index contributed by atoms with van der Waals surface area (Å²) in [5.41, 5.74) is 1.12. The molecule has 1 amide bonds. The summed E-state index contributed by atoms with van der Waals surface area (Å²) in [6.45, 7) is 3.83. The molecule has 0 spiro atoms. The number of fused-ring (bicyclic) bond motifs is 1. The lowest BCUT2D eigenvalue weighted by Crippen LogP contribution is -2.36. The van der Waals surface area contributed by atoms with Crippen LogP contribution in [0.15, 0.2) is 42.6 Å². The van der Waals surface area contributed by atoms with Crippen molar-refractivity contribution in [2.75, 3.05) is 44.0 Å². The number of morpholine rings is 1. The molecule has 1 saturated heterocycles. The predicted molar refractivity (Wildman–Crippen MR) is 164 cm³/mol. The highest BCUT2D eigenvalue weighted by atomic mass is 19.4. The molecule has 2 heterocycles. The molecule has 13 heteroatoms. The second kappa shape index (κ2) is 14.7. The van der Waals surface area contributed by atoms with Crippen molar-refractivity contribution < 1.29 is 32.2 Å². The molecule has 1 aromatic heterocycles. The molecule has 4 N–H and O–H groups in total. The first-order chi connectivity index (χ1) is 21.7. The molecule has 1 saturated carbocycles. The maximum atomic E-state index is 13.8. The second-order valence-electron chi connectivity index (χ2n) is 11.1. The summed E-state index contributed by atoms with van der Waals surface area (Å²) in [4.78, 5) is 33.1. The van der Waals surface area contributed by atoms with E-state index in [4.69, 9.17) is 9.47 Å². The van der Waals surface area contributed by atoms with E-state index in [9.17, 15) is 22.8 Å². The van der Waals surface area contributed by atoms with Crippen molar-refractivity contribution in [1.82, 2.24) is 20.6 Å². The minimum Gasteiger partial charge on any atom is -0.495 e. The number of amides is 1. The van der Waals surface area contributed by atoms with E-state index in [0.29, 0.717) is 41.6 Å². The van der Waals surface area contributed by atoms with Gasteiger partial charge in [-0.05, 0) is 49.1 Å². The van der Waals surface area contributed by atoms with Gasteiger partial charge in [0.2, 0.25) is 5.95 Å². The average molecular weight is 627 g/mol. The topological polar surface area (TPSA) is 127 Å². The number of carbonyl (C=O) groups is 2. The number of ketones is 1. The van der Waals surface area contributed by atoms with Crippen molar-refractivity contribution in [3.05, 3.63) is 64.8 Å². The normalized spacial score (nSPS) is 16.7. The Morgan fingerprint density at radius 1 is 1.02 bits per heavy atom. The van der Waals surface area contributed by atoms with Crippen molar-refractivity contribution >= 4 is 34.8 Å². The lowest BCUT2D eigenvalue weighted by Gasteiger charge is -2.23. The first-order valence-electron chi connectivity index (χ1n) is 15.1. The predicted octanol–water partition coefficient (Wildman–Crippen LogP) is 5.79. The Bertz CT molecular complexity index is 1500. The Labute approximate surface area is 259 Å². The summed E-state index contributed by atoms with van der Waals surface area (Å²) in [6, 6.07) is 9.91. The molecule has 2 aliphatic carbocycles. The van der Waals surface area contributed by atoms with Crippen molar-refractivity contribution in [1.29, 1.82) is 0 Å². The number of methoxy groups -OCH3 is 1. The fourth-order valence-corrected chi connectivity index (χ4v) is 5.58. The highest BCUT2D eigenvalue weighted by Crippen LogP contribution is 2.38. The molecule has 0 unspecified atom stereocenters. The van der Waals surface area contributed by atoms with Crippen LogP contribution >= 0.6 is 0 Å². The third-order valence-corrected chi connectivity index (χ3v) is 7.90. The monoisotopic (exact) mass is 626 g/mol. The van der Waals surface area contributed by atoms with Crippen LogP contribution in [-0.4, -0.2) is 61.1 Å². The molecule has 10 nitrogen and oxygen atoms in total. The third-order valence-electron chi connectivity index (χ3n) is 7.90. The first kappa shape index (κ1) is 32.2. The number of ether oxygens (including phenoxy) is 2. The molecule has 2 aromatic carbocycles. The van der Waals surface area contributed by atoms with E-state index in [1.807, 2.05) is 0 Å². The lowest BCUT2D eigenvalue weighted by molar-refractivity contribution is -0.137. The van der Waals surface area contributed by atoms with Crippen LogP contribution in [0, 0.1) is 0 Å². The number of carbonyl (C=O) groups excluding carboxylic acids is 2. The van der Waals surface area contributed by atoms with Gasteiger partial charge in [-0.3, -0.25) is 9.59 Å². The molecule has 240 valence electrons. The molecule has 2 fully saturated rings. The summed E-state index contributed by atoms with van der Waals surface area (Å²) in [7, 11) is 1.43. The van der Waals surface area contributed by atoms with Gasteiger partial charge in [0, 0.05) is 42.9 Å². The van der Waals surface area contributed by atoms with Gasteiger partial charge in [0.15, 0.2) is 5.78 Å². The lowest BCUT2D eigenvalue weighted by atomic mass is 9.95. The van der Waals surface area contributed by atoms with Gasteiger partial charge in [0.1, 0.15) is 17.1 Å². The van der Waals surface area contributed by atoms with Crippen LogP contribution < -0.4 is 26.0 Å². The van der Waals surface area contributed by atoms with Gasteiger partial charge in [-0.25, -0.2) is 4.98 Å². The quantitative estimate of drug-likeness (QED) is 0.258. The number of Topliss-reactive ketones (excluding diaryl/α,β-unsaturated/α-hetero) is 1.